The van der Waals surface area contributed by atoms with E-state index in [0.29, 0.717) is 23.2 Å². The third-order valence-corrected chi connectivity index (χ3v) is 6.40. The lowest BCUT2D eigenvalue weighted by Crippen LogP contribution is -2.48. The number of piperazine rings is 1. The maximum absolute atomic E-state index is 13.8. The van der Waals surface area contributed by atoms with Crippen molar-refractivity contribution in [2.45, 2.75) is 18.9 Å². The van der Waals surface area contributed by atoms with Gasteiger partial charge in [0.05, 0.1) is 11.3 Å². The molecule has 2 aromatic heterocycles. The highest BCUT2D eigenvalue weighted by Crippen LogP contribution is 2.33. The number of halogens is 7. The number of carbonyl (C=O) groups excluding carboxylic acids is 1. The van der Waals surface area contributed by atoms with Crippen molar-refractivity contribution in [3.8, 4) is 11.3 Å². The fraction of sp³-hybridized carbons (Fsp3) is 0.269. The normalized spacial score (nSPS) is 15.2. The van der Waals surface area contributed by atoms with Gasteiger partial charge in [-0.25, -0.2) is 13.9 Å². The van der Waals surface area contributed by atoms with Crippen molar-refractivity contribution in [1.82, 2.24) is 24.4 Å². The Morgan fingerprint density at radius 2 is 1.54 bits per heavy atom. The van der Waals surface area contributed by atoms with Crippen LogP contribution in [0.15, 0.2) is 60.7 Å². The van der Waals surface area contributed by atoms with Crippen LogP contribution in [-0.2, 0) is 18.9 Å². The van der Waals surface area contributed by atoms with Crippen LogP contribution >= 0.6 is 0 Å². The zero-order valence-electron chi connectivity index (χ0n) is 20.1. The number of amides is 1. The van der Waals surface area contributed by atoms with Crippen LogP contribution in [0.3, 0.4) is 0 Å². The number of nitrogens with zero attached hydrogens (tertiary/aromatic N) is 5. The summed E-state index contributed by atoms with van der Waals surface area (Å²) >= 11 is 0. The molecule has 5 rings (SSSR count). The van der Waals surface area contributed by atoms with Crippen molar-refractivity contribution in [2.24, 2.45) is 0 Å². The summed E-state index contributed by atoms with van der Waals surface area (Å²) < 4.78 is 94.3. The largest absolute Gasteiger partial charge is 0.433 e. The number of benzene rings is 2. The van der Waals surface area contributed by atoms with Gasteiger partial charge in [0.15, 0.2) is 17.0 Å². The summed E-state index contributed by atoms with van der Waals surface area (Å²) in [5, 5.41) is 3.89. The van der Waals surface area contributed by atoms with E-state index in [2.05, 4.69) is 10.1 Å². The van der Waals surface area contributed by atoms with Gasteiger partial charge in [0.1, 0.15) is 5.82 Å². The van der Waals surface area contributed by atoms with E-state index < -0.39 is 35.3 Å². The lowest BCUT2D eigenvalue weighted by atomic mass is 10.1. The van der Waals surface area contributed by atoms with Crippen LogP contribution in [-0.4, -0.2) is 56.5 Å². The van der Waals surface area contributed by atoms with Crippen molar-refractivity contribution in [2.75, 3.05) is 26.2 Å². The topological polar surface area (TPSA) is 53.7 Å². The van der Waals surface area contributed by atoms with Crippen molar-refractivity contribution in [3.63, 3.8) is 0 Å². The molecule has 3 heterocycles. The molecule has 1 amide bonds. The second kappa shape index (κ2) is 9.95. The van der Waals surface area contributed by atoms with Gasteiger partial charge in [-0.15, -0.1) is 0 Å². The Balaban J connectivity index is 1.33. The number of alkyl halides is 6. The number of carbonyl (C=O) groups is 1. The first-order valence-electron chi connectivity index (χ1n) is 11.8. The standard InChI is InChI=1S/C26H20F7N5O/c27-19-6-4-17(5-7-19)20-13-22(26(31,32)33)38-23(34-20)14-21(35-38)24(39)37-10-8-36(9-11-37)15-16-2-1-3-18(12-16)25(28,29)30/h1-7,12-14H,8-11,15H2. The van der Waals surface area contributed by atoms with Crippen molar-refractivity contribution in [1.29, 1.82) is 0 Å². The van der Waals surface area contributed by atoms with Gasteiger partial charge < -0.3 is 4.90 Å². The molecule has 0 bridgehead atoms. The van der Waals surface area contributed by atoms with E-state index in [1.165, 1.54) is 29.2 Å². The van der Waals surface area contributed by atoms with Gasteiger partial charge in [-0.1, -0.05) is 18.2 Å². The summed E-state index contributed by atoms with van der Waals surface area (Å²) in [5.41, 5.74) is -1.63. The molecule has 2 aromatic carbocycles. The first-order chi connectivity index (χ1) is 18.4. The highest BCUT2D eigenvalue weighted by atomic mass is 19.4. The Morgan fingerprint density at radius 1 is 0.846 bits per heavy atom. The summed E-state index contributed by atoms with van der Waals surface area (Å²) in [7, 11) is 0. The fourth-order valence-electron chi connectivity index (χ4n) is 4.42. The van der Waals surface area contributed by atoms with E-state index in [-0.39, 0.29) is 42.2 Å². The predicted octanol–water partition coefficient (Wildman–Crippen LogP) is 5.53. The molecule has 39 heavy (non-hydrogen) atoms. The molecule has 1 aliphatic heterocycles. The second-order valence-corrected chi connectivity index (χ2v) is 9.10. The molecule has 0 N–H and O–H groups in total. The molecule has 1 saturated heterocycles. The maximum Gasteiger partial charge on any atom is 0.433 e. The summed E-state index contributed by atoms with van der Waals surface area (Å²) in [6.07, 6.45) is -9.26. The molecule has 0 radical (unpaired) electrons. The fourth-order valence-corrected chi connectivity index (χ4v) is 4.42. The van der Waals surface area contributed by atoms with E-state index in [1.54, 1.807) is 6.07 Å². The van der Waals surface area contributed by atoms with E-state index in [4.69, 9.17) is 0 Å². The van der Waals surface area contributed by atoms with Crippen molar-refractivity contribution in [3.05, 3.63) is 89.0 Å². The summed E-state index contributed by atoms with van der Waals surface area (Å²) in [4.78, 5) is 20.6. The summed E-state index contributed by atoms with van der Waals surface area (Å²) in [5.74, 6) is -1.14. The van der Waals surface area contributed by atoms with Crippen LogP contribution in [0.25, 0.3) is 16.9 Å². The molecular formula is C26H20F7N5O. The molecule has 0 spiro atoms. The zero-order chi connectivity index (χ0) is 27.9. The van der Waals surface area contributed by atoms with E-state index in [1.807, 2.05) is 4.90 Å². The molecule has 0 saturated carbocycles. The van der Waals surface area contributed by atoms with Gasteiger partial charge in [0.25, 0.3) is 5.91 Å². The molecule has 1 fully saturated rings. The summed E-state index contributed by atoms with van der Waals surface area (Å²) in [6.45, 7) is 1.40. The Labute approximate surface area is 217 Å². The maximum atomic E-state index is 13.8. The molecule has 1 aliphatic rings. The highest BCUT2D eigenvalue weighted by Gasteiger charge is 2.36. The minimum absolute atomic E-state index is 0.0584. The predicted molar refractivity (Wildman–Crippen MR) is 126 cm³/mol. The highest BCUT2D eigenvalue weighted by molar-refractivity contribution is 5.93. The van der Waals surface area contributed by atoms with Crippen LogP contribution in [0, 0.1) is 5.82 Å². The van der Waals surface area contributed by atoms with Crippen LogP contribution in [0.1, 0.15) is 27.3 Å². The minimum Gasteiger partial charge on any atom is -0.335 e. The number of hydrogen-bond donors (Lipinski definition) is 0. The molecule has 0 unspecified atom stereocenters. The monoisotopic (exact) mass is 551 g/mol. The number of hydrogen-bond acceptors (Lipinski definition) is 4. The first-order valence-corrected chi connectivity index (χ1v) is 11.8. The molecule has 0 aliphatic carbocycles. The van der Waals surface area contributed by atoms with E-state index in [9.17, 15) is 35.5 Å². The molecule has 6 nitrogen and oxygen atoms in total. The first kappa shape index (κ1) is 26.6. The average Bonchev–Trinajstić information content (AvgIpc) is 3.32. The number of fused-ring (bicyclic) bond motifs is 1. The van der Waals surface area contributed by atoms with Gasteiger partial charge in [-0.2, -0.15) is 31.4 Å². The lowest BCUT2D eigenvalue weighted by Gasteiger charge is -2.34. The zero-order valence-corrected chi connectivity index (χ0v) is 20.1. The number of rotatable bonds is 4. The van der Waals surface area contributed by atoms with Gasteiger partial charge in [0, 0.05) is 44.4 Å². The quantitative estimate of drug-likeness (QED) is 0.313. The van der Waals surface area contributed by atoms with Gasteiger partial charge in [0.2, 0.25) is 0 Å². The Bertz CT molecular complexity index is 1500. The van der Waals surface area contributed by atoms with E-state index in [0.717, 1.165) is 30.3 Å². The third-order valence-electron chi connectivity index (χ3n) is 6.40. The number of aromatic nitrogens is 3. The second-order valence-electron chi connectivity index (χ2n) is 9.10. The Hall–Kier alpha value is -4.00. The smallest absolute Gasteiger partial charge is 0.335 e. The Kier molecular flexibility index (Phi) is 6.79. The van der Waals surface area contributed by atoms with Crippen LogP contribution in [0.5, 0.6) is 0 Å². The lowest BCUT2D eigenvalue weighted by molar-refractivity contribution is -0.142. The van der Waals surface area contributed by atoms with Gasteiger partial charge in [-0.05, 0) is 42.0 Å². The molecule has 13 heteroatoms. The SMILES string of the molecule is O=C(c1cc2nc(-c3ccc(F)cc3)cc(C(F)(F)F)n2n1)N1CCN(Cc2cccc(C(F)(F)F)c2)CC1. The van der Waals surface area contributed by atoms with Crippen LogP contribution < -0.4 is 0 Å². The van der Waals surface area contributed by atoms with Crippen LogP contribution in [0.2, 0.25) is 0 Å². The minimum atomic E-state index is -4.81. The van der Waals surface area contributed by atoms with Crippen LogP contribution in [0.4, 0.5) is 30.7 Å². The summed E-state index contributed by atoms with van der Waals surface area (Å²) in [6, 6.07) is 11.8. The van der Waals surface area contributed by atoms with Crippen molar-refractivity contribution < 1.29 is 35.5 Å². The average molecular weight is 551 g/mol. The molecule has 0 atom stereocenters. The van der Waals surface area contributed by atoms with Gasteiger partial charge >= 0.3 is 12.4 Å². The van der Waals surface area contributed by atoms with Gasteiger partial charge in [-0.3, -0.25) is 9.69 Å². The molecule has 204 valence electrons. The third kappa shape index (κ3) is 5.72. The Morgan fingerprint density at radius 3 is 2.18 bits per heavy atom. The molecular weight excluding hydrogens is 531 g/mol. The molecule has 4 aromatic rings. The van der Waals surface area contributed by atoms with E-state index >= 15 is 0 Å². The van der Waals surface area contributed by atoms with Crippen molar-refractivity contribution >= 4 is 11.6 Å².